The van der Waals surface area contributed by atoms with Crippen LogP contribution in [0.5, 0.6) is 11.5 Å². The number of hydrogen-bond acceptors (Lipinski definition) is 6. The summed E-state index contributed by atoms with van der Waals surface area (Å²) < 4.78 is 26.5. The highest BCUT2D eigenvalue weighted by atomic mass is 19.1. The molecule has 0 saturated heterocycles. The van der Waals surface area contributed by atoms with E-state index in [4.69, 9.17) is 9.47 Å². The lowest BCUT2D eigenvalue weighted by Gasteiger charge is -2.20. The molecule has 0 aliphatic carbocycles. The number of carbonyl (C=O) groups excluding carboxylic acids is 1. The van der Waals surface area contributed by atoms with Crippen LogP contribution in [-0.2, 0) is 26.1 Å². The van der Waals surface area contributed by atoms with E-state index in [1.54, 1.807) is 13.2 Å². The smallest absolute Gasteiger partial charge is 0.251 e. The van der Waals surface area contributed by atoms with Gasteiger partial charge in [0, 0.05) is 38.2 Å². The molecule has 9 heteroatoms. The van der Waals surface area contributed by atoms with Gasteiger partial charge in [-0.15, -0.1) is 10.2 Å². The number of rotatable bonds is 8. The molecule has 0 saturated carbocycles. The standard InChI is InChI=1S/C24H28FN5O3/c1-3-33-21-13-17(7-8-20(21)32-2)16-29-10-9-22-27-28-23(30(22)12-11-29)15-26-24(31)18-5-4-6-19(25)14-18/h4-8,13-14H,3,9-12,15-16H2,1-2H3,(H,26,31). The summed E-state index contributed by atoms with van der Waals surface area (Å²) in [6.07, 6.45) is 0.763. The number of ether oxygens (including phenoxy) is 2. The first-order valence-corrected chi connectivity index (χ1v) is 11.0. The van der Waals surface area contributed by atoms with Crippen LogP contribution < -0.4 is 14.8 Å². The number of benzene rings is 2. The molecule has 0 unspecified atom stereocenters. The molecule has 1 aliphatic rings. The number of nitrogens with one attached hydrogen (secondary N) is 1. The normalized spacial score (nSPS) is 13.8. The predicted molar refractivity (Wildman–Crippen MR) is 121 cm³/mol. The monoisotopic (exact) mass is 453 g/mol. The van der Waals surface area contributed by atoms with Crippen LogP contribution in [0.2, 0.25) is 0 Å². The molecule has 2 heterocycles. The molecule has 4 rings (SSSR count). The molecule has 8 nitrogen and oxygen atoms in total. The first kappa shape index (κ1) is 22.7. The van der Waals surface area contributed by atoms with Crippen LogP contribution in [0.15, 0.2) is 42.5 Å². The Balaban J connectivity index is 1.37. The van der Waals surface area contributed by atoms with E-state index in [1.165, 1.54) is 18.2 Å². The Morgan fingerprint density at radius 1 is 1.12 bits per heavy atom. The molecule has 2 aromatic carbocycles. The fourth-order valence-corrected chi connectivity index (χ4v) is 3.95. The highest BCUT2D eigenvalue weighted by Crippen LogP contribution is 2.28. The fraction of sp³-hybridized carbons (Fsp3) is 0.375. The van der Waals surface area contributed by atoms with Crippen molar-refractivity contribution in [3.63, 3.8) is 0 Å². The predicted octanol–water partition coefficient (Wildman–Crippen LogP) is 2.81. The van der Waals surface area contributed by atoms with Gasteiger partial charge in [0.25, 0.3) is 5.91 Å². The highest BCUT2D eigenvalue weighted by molar-refractivity contribution is 5.94. The van der Waals surface area contributed by atoms with Gasteiger partial charge in [-0.1, -0.05) is 12.1 Å². The van der Waals surface area contributed by atoms with Crippen LogP contribution in [0.4, 0.5) is 4.39 Å². The summed E-state index contributed by atoms with van der Waals surface area (Å²) in [6.45, 7) is 5.95. The van der Waals surface area contributed by atoms with Gasteiger partial charge in [0.15, 0.2) is 17.3 Å². The molecule has 0 radical (unpaired) electrons. The van der Waals surface area contributed by atoms with Gasteiger partial charge < -0.3 is 19.4 Å². The van der Waals surface area contributed by atoms with Gasteiger partial charge in [-0.05, 0) is 42.8 Å². The number of nitrogens with zero attached hydrogens (tertiary/aromatic N) is 4. The van der Waals surface area contributed by atoms with E-state index in [1.807, 2.05) is 19.1 Å². The van der Waals surface area contributed by atoms with Gasteiger partial charge in [0.1, 0.15) is 11.6 Å². The molecule has 1 aromatic heterocycles. The van der Waals surface area contributed by atoms with E-state index >= 15 is 0 Å². The number of aromatic nitrogens is 3. The van der Waals surface area contributed by atoms with Gasteiger partial charge >= 0.3 is 0 Å². The fourth-order valence-electron chi connectivity index (χ4n) is 3.95. The third-order valence-corrected chi connectivity index (χ3v) is 5.62. The Bertz CT molecular complexity index is 1120. The molecular weight excluding hydrogens is 425 g/mol. The third-order valence-electron chi connectivity index (χ3n) is 5.62. The largest absolute Gasteiger partial charge is 0.493 e. The van der Waals surface area contributed by atoms with Crippen molar-refractivity contribution in [1.82, 2.24) is 25.0 Å². The molecule has 0 bridgehead atoms. The first-order chi connectivity index (χ1) is 16.1. The SMILES string of the molecule is CCOc1cc(CN2CCc3nnc(CNC(=O)c4cccc(F)c4)n3CC2)ccc1OC. The van der Waals surface area contributed by atoms with Crippen LogP contribution in [-0.4, -0.2) is 52.4 Å². The number of carbonyl (C=O) groups is 1. The average Bonchev–Trinajstić information content (AvgIpc) is 3.10. The maximum atomic E-state index is 13.4. The van der Waals surface area contributed by atoms with Gasteiger partial charge in [-0.2, -0.15) is 0 Å². The lowest BCUT2D eigenvalue weighted by molar-refractivity contribution is 0.0949. The summed E-state index contributed by atoms with van der Waals surface area (Å²) in [5.41, 5.74) is 1.43. The number of methoxy groups -OCH3 is 1. The summed E-state index contributed by atoms with van der Waals surface area (Å²) in [7, 11) is 1.64. The van der Waals surface area contributed by atoms with E-state index in [0.29, 0.717) is 12.4 Å². The maximum Gasteiger partial charge on any atom is 0.251 e. The Labute approximate surface area is 192 Å². The summed E-state index contributed by atoms with van der Waals surface area (Å²) in [5, 5.41) is 11.4. The average molecular weight is 454 g/mol. The van der Waals surface area contributed by atoms with Crippen LogP contribution in [0.1, 0.15) is 34.5 Å². The number of fused-ring (bicyclic) bond motifs is 1. The Morgan fingerprint density at radius 2 is 2.00 bits per heavy atom. The third kappa shape index (κ3) is 5.48. The molecular formula is C24H28FN5O3. The first-order valence-electron chi connectivity index (χ1n) is 11.0. The van der Waals surface area contributed by atoms with Crippen molar-refractivity contribution >= 4 is 5.91 Å². The summed E-state index contributed by atoms with van der Waals surface area (Å²) in [6, 6.07) is 11.6. The van der Waals surface area contributed by atoms with E-state index in [2.05, 4.69) is 31.0 Å². The molecule has 174 valence electrons. The minimum atomic E-state index is -0.440. The molecule has 0 atom stereocenters. The van der Waals surface area contributed by atoms with Crippen LogP contribution in [0.3, 0.4) is 0 Å². The molecule has 33 heavy (non-hydrogen) atoms. The number of amides is 1. The van der Waals surface area contributed by atoms with Crippen molar-refractivity contribution in [3.8, 4) is 11.5 Å². The van der Waals surface area contributed by atoms with Crippen LogP contribution in [0, 0.1) is 5.82 Å². The molecule has 0 spiro atoms. The molecule has 0 fully saturated rings. The van der Waals surface area contributed by atoms with E-state index in [0.717, 1.165) is 55.5 Å². The molecule has 1 amide bonds. The number of halogens is 1. The topological polar surface area (TPSA) is 81.5 Å². The van der Waals surface area contributed by atoms with Gasteiger partial charge in [0.05, 0.1) is 20.3 Å². The summed E-state index contributed by atoms with van der Waals surface area (Å²) in [4.78, 5) is 14.7. The minimum absolute atomic E-state index is 0.235. The van der Waals surface area contributed by atoms with Crippen molar-refractivity contribution in [1.29, 1.82) is 0 Å². The van der Waals surface area contributed by atoms with Crippen LogP contribution >= 0.6 is 0 Å². The van der Waals surface area contributed by atoms with Gasteiger partial charge in [-0.25, -0.2) is 4.39 Å². The zero-order valence-electron chi connectivity index (χ0n) is 18.9. The van der Waals surface area contributed by atoms with Crippen molar-refractivity contribution in [3.05, 3.63) is 71.1 Å². The van der Waals surface area contributed by atoms with Crippen LogP contribution in [0.25, 0.3) is 0 Å². The summed E-state index contributed by atoms with van der Waals surface area (Å²) in [5.74, 6) is 2.29. The van der Waals surface area contributed by atoms with Crippen molar-refractivity contribution in [2.45, 2.75) is 33.0 Å². The highest BCUT2D eigenvalue weighted by Gasteiger charge is 2.20. The van der Waals surface area contributed by atoms with Gasteiger partial charge in [0.2, 0.25) is 0 Å². The van der Waals surface area contributed by atoms with Crippen molar-refractivity contribution in [2.24, 2.45) is 0 Å². The Hall–Kier alpha value is -3.46. The second kappa shape index (κ2) is 10.4. The maximum absolute atomic E-state index is 13.4. The second-order valence-corrected chi connectivity index (χ2v) is 7.82. The van der Waals surface area contributed by atoms with E-state index < -0.39 is 5.82 Å². The van der Waals surface area contributed by atoms with Crippen molar-refractivity contribution < 1.29 is 18.7 Å². The Kier molecular flexibility index (Phi) is 7.19. The number of hydrogen-bond donors (Lipinski definition) is 1. The Morgan fingerprint density at radius 3 is 2.79 bits per heavy atom. The zero-order chi connectivity index (χ0) is 23.2. The summed E-state index contributed by atoms with van der Waals surface area (Å²) >= 11 is 0. The van der Waals surface area contributed by atoms with Crippen molar-refractivity contribution in [2.75, 3.05) is 26.8 Å². The van der Waals surface area contributed by atoms with Gasteiger partial charge in [-0.3, -0.25) is 9.69 Å². The molecule has 3 aromatic rings. The second-order valence-electron chi connectivity index (χ2n) is 7.82. The lowest BCUT2D eigenvalue weighted by Crippen LogP contribution is -2.28. The lowest BCUT2D eigenvalue weighted by atomic mass is 10.2. The minimum Gasteiger partial charge on any atom is -0.493 e. The van der Waals surface area contributed by atoms with E-state index in [-0.39, 0.29) is 18.0 Å². The zero-order valence-corrected chi connectivity index (χ0v) is 18.9. The quantitative estimate of drug-likeness (QED) is 0.565. The molecule has 1 aliphatic heterocycles. The van der Waals surface area contributed by atoms with E-state index in [9.17, 15) is 9.18 Å². The molecule has 1 N–H and O–H groups in total.